The Kier molecular flexibility index (Phi) is 3.13. The van der Waals surface area contributed by atoms with Crippen LogP contribution in [-0.4, -0.2) is 16.0 Å². The molecular formula is C15H19N3. The van der Waals surface area contributed by atoms with Crippen molar-refractivity contribution >= 4 is 16.7 Å². The highest BCUT2D eigenvalue weighted by Crippen LogP contribution is 2.25. The van der Waals surface area contributed by atoms with Crippen LogP contribution in [0.5, 0.6) is 0 Å². The third-order valence-corrected chi connectivity index (χ3v) is 3.66. The van der Waals surface area contributed by atoms with E-state index in [1.165, 1.54) is 32.1 Å². The molecule has 0 unspecified atom stereocenters. The summed E-state index contributed by atoms with van der Waals surface area (Å²) in [7, 11) is 0. The lowest BCUT2D eigenvalue weighted by molar-refractivity contribution is 0.462. The summed E-state index contributed by atoms with van der Waals surface area (Å²) in [6.45, 7) is 1.96. The molecule has 0 amide bonds. The molecule has 0 atom stereocenters. The number of aryl methyl sites for hydroxylation is 1. The molecule has 0 saturated heterocycles. The summed E-state index contributed by atoms with van der Waals surface area (Å²) in [5, 5.41) is 4.75. The van der Waals surface area contributed by atoms with E-state index >= 15 is 0 Å². The van der Waals surface area contributed by atoms with Crippen LogP contribution in [0.15, 0.2) is 24.3 Å². The van der Waals surface area contributed by atoms with Gasteiger partial charge in [0.25, 0.3) is 0 Å². The largest absolute Gasteiger partial charge is 0.367 e. The Morgan fingerprint density at radius 2 is 1.83 bits per heavy atom. The van der Waals surface area contributed by atoms with Crippen molar-refractivity contribution in [3.8, 4) is 0 Å². The first-order chi connectivity index (χ1) is 8.83. The maximum Gasteiger partial charge on any atom is 0.137 e. The van der Waals surface area contributed by atoms with Gasteiger partial charge in [-0.1, -0.05) is 31.4 Å². The summed E-state index contributed by atoms with van der Waals surface area (Å²) >= 11 is 0. The fraction of sp³-hybridized carbons (Fsp3) is 0.467. The number of aromatic nitrogens is 2. The van der Waals surface area contributed by atoms with Crippen molar-refractivity contribution in [2.24, 2.45) is 0 Å². The van der Waals surface area contributed by atoms with E-state index in [1.54, 1.807) is 0 Å². The summed E-state index contributed by atoms with van der Waals surface area (Å²) in [5.74, 6) is 1.84. The molecule has 1 fully saturated rings. The third kappa shape index (κ3) is 2.30. The SMILES string of the molecule is Cc1nc(NC2CCCCC2)c2ccccc2n1. The minimum Gasteiger partial charge on any atom is -0.367 e. The summed E-state index contributed by atoms with van der Waals surface area (Å²) < 4.78 is 0. The van der Waals surface area contributed by atoms with E-state index in [4.69, 9.17) is 0 Å². The molecule has 2 aromatic rings. The number of benzene rings is 1. The number of rotatable bonds is 2. The van der Waals surface area contributed by atoms with Crippen molar-refractivity contribution in [3.05, 3.63) is 30.1 Å². The van der Waals surface area contributed by atoms with Crippen molar-refractivity contribution in [2.45, 2.75) is 45.1 Å². The molecule has 18 heavy (non-hydrogen) atoms. The molecule has 3 nitrogen and oxygen atoms in total. The van der Waals surface area contributed by atoms with Gasteiger partial charge < -0.3 is 5.32 Å². The van der Waals surface area contributed by atoms with E-state index in [1.807, 2.05) is 19.1 Å². The highest BCUT2D eigenvalue weighted by molar-refractivity contribution is 5.89. The average molecular weight is 241 g/mol. The average Bonchev–Trinajstić information content (AvgIpc) is 2.40. The van der Waals surface area contributed by atoms with Gasteiger partial charge in [-0.2, -0.15) is 0 Å². The number of para-hydroxylation sites is 1. The van der Waals surface area contributed by atoms with Crippen LogP contribution in [-0.2, 0) is 0 Å². The normalized spacial score (nSPS) is 16.9. The Morgan fingerprint density at radius 1 is 1.06 bits per heavy atom. The van der Waals surface area contributed by atoms with Crippen LogP contribution in [0, 0.1) is 6.92 Å². The minimum atomic E-state index is 0.580. The Morgan fingerprint density at radius 3 is 2.67 bits per heavy atom. The summed E-state index contributed by atoms with van der Waals surface area (Å²) in [6, 6.07) is 8.80. The van der Waals surface area contributed by atoms with E-state index < -0.39 is 0 Å². The van der Waals surface area contributed by atoms with Gasteiger partial charge in [-0.05, 0) is 31.9 Å². The standard InChI is InChI=1S/C15H19N3/c1-11-16-14-10-6-5-9-13(14)15(17-11)18-12-7-3-2-4-8-12/h5-6,9-10,12H,2-4,7-8H2,1H3,(H,16,17,18). The number of nitrogens with one attached hydrogen (secondary N) is 1. The molecule has 0 spiro atoms. The number of anilines is 1. The van der Waals surface area contributed by atoms with Gasteiger partial charge in [0.05, 0.1) is 5.52 Å². The molecule has 3 rings (SSSR count). The molecule has 1 heterocycles. The highest BCUT2D eigenvalue weighted by Gasteiger charge is 2.15. The molecular weight excluding hydrogens is 222 g/mol. The first-order valence-corrected chi connectivity index (χ1v) is 6.83. The second-order valence-electron chi connectivity index (χ2n) is 5.12. The van der Waals surface area contributed by atoms with E-state index in [-0.39, 0.29) is 0 Å². The number of hydrogen-bond donors (Lipinski definition) is 1. The lowest BCUT2D eigenvalue weighted by Crippen LogP contribution is -2.23. The molecule has 1 aromatic carbocycles. The van der Waals surface area contributed by atoms with Crippen molar-refractivity contribution in [2.75, 3.05) is 5.32 Å². The third-order valence-electron chi connectivity index (χ3n) is 3.66. The van der Waals surface area contributed by atoms with Crippen LogP contribution >= 0.6 is 0 Å². The molecule has 1 N–H and O–H groups in total. The van der Waals surface area contributed by atoms with Gasteiger partial charge in [-0.25, -0.2) is 9.97 Å². The van der Waals surface area contributed by atoms with Gasteiger partial charge in [0.15, 0.2) is 0 Å². The Balaban J connectivity index is 1.94. The van der Waals surface area contributed by atoms with Gasteiger partial charge in [-0.3, -0.25) is 0 Å². The van der Waals surface area contributed by atoms with E-state index in [2.05, 4.69) is 27.4 Å². The van der Waals surface area contributed by atoms with E-state index in [9.17, 15) is 0 Å². The summed E-state index contributed by atoms with van der Waals surface area (Å²) in [4.78, 5) is 9.05. The van der Waals surface area contributed by atoms with Crippen LogP contribution in [0.2, 0.25) is 0 Å². The molecule has 1 aliphatic carbocycles. The molecule has 0 bridgehead atoms. The fourth-order valence-corrected chi connectivity index (χ4v) is 2.74. The van der Waals surface area contributed by atoms with Crippen molar-refractivity contribution in [3.63, 3.8) is 0 Å². The molecule has 94 valence electrons. The zero-order valence-corrected chi connectivity index (χ0v) is 10.8. The summed E-state index contributed by atoms with van der Waals surface area (Å²) in [6.07, 6.45) is 6.57. The Labute approximate surface area is 108 Å². The van der Waals surface area contributed by atoms with Crippen LogP contribution in [0.4, 0.5) is 5.82 Å². The molecule has 1 aromatic heterocycles. The van der Waals surface area contributed by atoms with Crippen molar-refractivity contribution in [1.29, 1.82) is 0 Å². The predicted molar refractivity (Wildman–Crippen MR) is 74.8 cm³/mol. The Bertz CT molecular complexity index is 544. The molecule has 3 heteroatoms. The van der Waals surface area contributed by atoms with Crippen LogP contribution in [0.25, 0.3) is 10.9 Å². The topological polar surface area (TPSA) is 37.8 Å². The lowest BCUT2D eigenvalue weighted by Gasteiger charge is -2.24. The molecule has 1 saturated carbocycles. The van der Waals surface area contributed by atoms with Crippen molar-refractivity contribution < 1.29 is 0 Å². The zero-order valence-electron chi connectivity index (χ0n) is 10.8. The second kappa shape index (κ2) is 4.92. The van der Waals surface area contributed by atoms with Gasteiger partial charge in [0.2, 0.25) is 0 Å². The van der Waals surface area contributed by atoms with Crippen molar-refractivity contribution in [1.82, 2.24) is 9.97 Å². The molecule has 1 aliphatic rings. The molecule has 0 aliphatic heterocycles. The van der Waals surface area contributed by atoms with E-state index in [0.29, 0.717) is 6.04 Å². The summed E-state index contributed by atoms with van der Waals surface area (Å²) in [5.41, 5.74) is 1.03. The number of hydrogen-bond acceptors (Lipinski definition) is 3. The zero-order chi connectivity index (χ0) is 12.4. The fourth-order valence-electron chi connectivity index (χ4n) is 2.74. The highest BCUT2D eigenvalue weighted by atomic mass is 15.0. The minimum absolute atomic E-state index is 0.580. The maximum atomic E-state index is 4.57. The lowest BCUT2D eigenvalue weighted by atomic mass is 9.95. The van der Waals surface area contributed by atoms with Gasteiger partial charge in [0, 0.05) is 11.4 Å². The van der Waals surface area contributed by atoms with Gasteiger partial charge >= 0.3 is 0 Å². The van der Waals surface area contributed by atoms with Gasteiger partial charge in [-0.15, -0.1) is 0 Å². The number of nitrogens with zero attached hydrogens (tertiary/aromatic N) is 2. The van der Waals surface area contributed by atoms with Crippen LogP contribution in [0.1, 0.15) is 37.9 Å². The predicted octanol–water partition coefficient (Wildman–Crippen LogP) is 3.68. The Hall–Kier alpha value is -1.64. The number of fused-ring (bicyclic) bond motifs is 1. The van der Waals surface area contributed by atoms with Crippen LogP contribution < -0.4 is 5.32 Å². The van der Waals surface area contributed by atoms with Crippen LogP contribution in [0.3, 0.4) is 0 Å². The smallest absolute Gasteiger partial charge is 0.137 e. The second-order valence-corrected chi connectivity index (χ2v) is 5.12. The molecule has 0 radical (unpaired) electrons. The first-order valence-electron chi connectivity index (χ1n) is 6.83. The first kappa shape index (κ1) is 11.5. The van der Waals surface area contributed by atoms with Gasteiger partial charge in [0.1, 0.15) is 11.6 Å². The van der Waals surface area contributed by atoms with E-state index in [0.717, 1.165) is 22.5 Å². The quantitative estimate of drug-likeness (QED) is 0.871. The monoisotopic (exact) mass is 241 g/mol. The maximum absolute atomic E-state index is 4.57.